The molecule has 0 radical (unpaired) electrons. The summed E-state index contributed by atoms with van der Waals surface area (Å²) in [5.74, 6) is -1.85. The van der Waals surface area contributed by atoms with Gasteiger partial charge in [0.2, 0.25) is 5.91 Å². The topological polar surface area (TPSA) is 117 Å². The summed E-state index contributed by atoms with van der Waals surface area (Å²) in [5.41, 5.74) is 4.10. The predicted octanol–water partition coefficient (Wildman–Crippen LogP) is 3.78. The summed E-state index contributed by atoms with van der Waals surface area (Å²) >= 11 is 0. The van der Waals surface area contributed by atoms with Crippen LogP contribution in [0.1, 0.15) is 35.4 Å². The van der Waals surface area contributed by atoms with E-state index in [4.69, 9.17) is 9.47 Å². The number of piperidine rings is 1. The number of aliphatic carboxylic acids is 1. The van der Waals surface area contributed by atoms with E-state index in [9.17, 15) is 19.5 Å². The first kappa shape index (κ1) is 28.3. The molecule has 2 aliphatic rings. The number of rotatable bonds is 10. The Morgan fingerprint density at radius 2 is 1.51 bits per heavy atom. The molecule has 1 fully saturated rings. The Labute approximate surface area is 239 Å². The van der Waals surface area contributed by atoms with Crippen molar-refractivity contribution in [3.05, 3.63) is 95.6 Å². The minimum Gasteiger partial charge on any atom is -0.480 e. The Hall–Kier alpha value is -4.21. The maximum absolute atomic E-state index is 13.3. The first-order valence-electron chi connectivity index (χ1n) is 13.8. The molecule has 1 aliphatic carbocycles. The maximum Gasteiger partial charge on any atom is 0.407 e. The summed E-state index contributed by atoms with van der Waals surface area (Å²) < 4.78 is 10.8. The summed E-state index contributed by atoms with van der Waals surface area (Å²) in [4.78, 5) is 40.6. The predicted molar refractivity (Wildman–Crippen MR) is 153 cm³/mol. The normalized spacial score (nSPS) is 16.7. The van der Waals surface area contributed by atoms with E-state index in [0.717, 1.165) is 27.8 Å². The molecule has 3 aromatic carbocycles. The number of carboxylic acid groups (broad SMARTS) is 1. The summed E-state index contributed by atoms with van der Waals surface area (Å²) in [6, 6.07) is 24.9. The smallest absolute Gasteiger partial charge is 0.407 e. The fourth-order valence-corrected chi connectivity index (χ4v) is 5.78. The van der Waals surface area contributed by atoms with Gasteiger partial charge in [-0.25, -0.2) is 9.59 Å². The van der Waals surface area contributed by atoms with Crippen LogP contribution in [0.4, 0.5) is 4.79 Å². The van der Waals surface area contributed by atoms with Crippen LogP contribution in [0.2, 0.25) is 0 Å². The molecular weight excluding hydrogens is 522 g/mol. The fraction of sp³-hybridized carbons (Fsp3) is 0.344. The molecule has 0 bridgehead atoms. The van der Waals surface area contributed by atoms with Crippen LogP contribution in [0.3, 0.4) is 0 Å². The average molecular weight is 558 g/mol. The number of hydrogen-bond acceptors (Lipinski definition) is 6. The Kier molecular flexibility index (Phi) is 8.66. The quantitative estimate of drug-likeness (QED) is 0.347. The summed E-state index contributed by atoms with van der Waals surface area (Å²) in [7, 11) is 1.41. The number of carbonyl (C=O) groups is 3. The first-order chi connectivity index (χ1) is 19.9. The molecule has 5 rings (SSSR count). The van der Waals surface area contributed by atoms with Crippen LogP contribution >= 0.6 is 0 Å². The number of carboxylic acids is 1. The molecule has 9 heteroatoms. The minimum absolute atomic E-state index is 0.0947. The number of nitrogens with zero attached hydrogens (tertiary/aromatic N) is 1. The standard InChI is InChI=1S/C32H35N3O6/c1-40-21-28(29(36)34-32(30(37)38)15-17-35(18-16-32)19-22-9-3-2-4-10-22)33-31(39)41-20-27-25-13-7-5-11-23(25)24-12-6-8-14-26(24)27/h2-14,27-28H,15-21H2,1H3,(H,33,39)(H,34,36)(H,37,38)/t28-/m0/s1. The molecule has 0 saturated carbocycles. The second-order valence-corrected chi connectivity index (χ2v) is 10.6. The minimum atomic E-state index is -1.43. The van der Waals surface area contributed by atoms with Gasteiger partial charge in [-0.1, -0.05) is 78.9 Å². The van der Waals surface area contributed by atoms with Gasteiger partial charge in [-0.2, -0.15) is 0 Å². The van der Waals surface area contributed by atoms with Crippen molar-refractivity contribution < 1.29 is 29.0 Å². The van der Waals surface area contributed by atoms with E-state index >= 15 is 0 Å². The van der Waals surface area contributed by atoms with Gasteiger partial charge in [0.05, 0.1) is 6.61 Å². The lowest BCUT2D eigenvalue weighted by Gasteiger charge is -2.40. The van der Waals surface area contributed by atoms with Gasteiger partial charge in [-0.15, -0.1) is 0 Å². The van der Waals surface area contributed by atoms with Crippen LogP contribution in [-0.2, 0) is 25.6 Å². The van der Waals surface area contributed by atoms with Crippen molar-refractivity contribution in [3.8, 4) is 11.1 Å². The van der Waals surface area contributed by atoms with E-state index in [1.807, 2.05) is 66.7 Å². The van der Waals surface area contributed by atoms with E-state index in [1.54, 1.807) is 0 Å². The number of hydrogen-bond donors (Lipinski definition) is 3. The third kappa shape index (κ3) is 6.26. The van der Waals surface area contributed by atoms with E-state index < -0.39 is 29.6 Å². The molecule has 2 amide bonds. The van der Waals surface area contributed by atoms with Crippen molar-refractivity contribution >= 4 is 18.0 Å². The van der Waals surface area contributed by atoms with Crippen LogP contribution in [0, 0.1) is 0 Å². The summed E-state index contributed by atoms with van der Waals surface area (Å²) in [5, 5.41) is 15.4. The van der Waals surface area contributed by atoms with Gasteiger partial charge in [0.25, 0.3) is 0 Å². The van der Waals surface area contributed by atoms with Crippen molar-refractivity contribution in [1.29, 1.82) is 0 Å². The van der Waals surface area contributed by atoms with Gasteiger partial charge in [-0.3, -0.25) is 9.69 Å². The largest absolute Gasteiger partial charge is 0.480 e. The highest BCUT2D eigenvalue weighted by Crippen LogP contribution is 2.44. The molecule has 1 aliphatic heterocycles. The van der Waals surface area contributed by atoms with Gasteiger partial charge >= 0.3 is 12.1 Å². The van der Waals surface area contributed by atoms with Crippen LogP contribution < -0.4 is 10.6 Å². The van der Waals surface area contributed by atoms with Gasteiger partial charge in [-0.05, 0) is 40.7 Å². The van der Waals surface area contributed by atoms with Crippen LogP contribution in [-0.4, -0.2) is 73.0 Å². The molecule has 0 unspecified atom stereocenters. The molecule has 9 nitrogen and oxygen atoms in total. The SMILES string of the molecule is COC[C@H](NC(=O)OCC1c2ccccc2-c2ccccc21)C(=O)NC1(C(=O)O)CCN(Cc2ccccc2)CC1. The molecule has 3 aromatic rings. The highest BCUT2D eigenvalue weighted by molar-refractivity contribution is 5.91. The molecule has 41 heavy (non-hydrogen) atoms. The van der Waals surface area contributed by atoms with Crippen molar-refractivity contribution in [2.24, 2.45) is 0 Å². The molecule has 1 saturated heterocycles. The average Bonchev–Trinajstić information content (AvgIpc) is 3.31. The third-order valence-electron chi connectivity index (χ3n) is 8.02. The zero-order chi connectivity index (χ0) is 28.8. The Morgan fingerprint density at radius 3 is 2.10 bits per heavy atom. The molecule has 3 N–H and O–H groups in total. The van der Waals surface area contributed by atoms with Crippen LogP contribution in [0.25, 0.3) is 11.1 Å². The van der Waals surface area contributed by atoms with E-state index in [2.05, 4.69) is 27.7 Å². The molecule has 214 valence electrons. The number of ether oxygens (including phenoxy) is 2. The Bertz CT molecular complexity index is 1340. The number of likely N-dealkylation sites (tertiary alicyclic amines) is 1. The van der Waals surface area contributed by atoms with Crippen molar-refractivity contribution in [1.82, 2.24) is 15.5 Å². The number of methoxy groups -OCH3 is 1. The molecular formula is C32H35N3O6. The van der Waals surface area contributed by atoms with Crippen LogP contribution in [0.15, 0.2) is 78.9 Å². The number of nitrogens with one attached hydrogen (secondary N) is 2. The number of carbonyl (C=O) groups excluding carboxylic acids is 2. The molecule has 1 heterocycles. The second kappa shape index (κ2) is 12.5. The summed E-state index contributed by atoms with van der Waals surface area (Å²) in [6.45, 7) is 1.69. The lowest BCUT2D eigenvalue weighted by molar-refractivity contribution is -0.150. The Morgan fingerprint density at radius 1 is 0.927 bits per heavy atom. The first-order valence-corrected chi connectivity index (χ1v) is 13.8. The Balaban J connectivity index is 1.19. The lowest BCUT2D eigenvalue weighted by atomic mass is 9.87. The monoisotopic (exact) mass is 557 g/mol. The van der Waals surface area contributed by atoms with Crippen molar-refractivity contribution in [2.45, 2.75) is 36.9 Å². The van der Waals surface area contributed by atoms with Gasteiger partial charge in [0, 0.05) is 32.7 Å². The maximum atomic E-state index is 13.3. The van der Waals surface area contributed by atoms with E-state index in [-0.39, 0.29) is 32.0 Å². The lowest BCUT2D eigenvalue weighted by Crippen LogP contribution is -2.63. The molecule has 0 spiro atoms. The highest BCUT2D eigenvalue weighted by atomic mass is 16.5. The highest BCUT2D eigenvalue weighted by Gasteiger charge is 2.44. The fourth-order valence-electron chi connectivity index (χ4n) is 5.78. The number of benzene rings is 3. The molecule has 1 atom stereocenters. The van der Waals surface area contributed by atoms with Gasteiger partial charge in [0.15, 0.2) is 0 Å². The van der Waals surface area contributed by atoms with Crippen molar-refractivity contribution in [3.63, 3.8) is 0 Å². The number of fused-ring (bicyclic) bond motifs is 3. The summed E-state index contributed by atoms with van der Waals surface area (Å²) in [6.07, 6.45) is -0.289. The van der Waals surface area contributed by atoms with E-state index in [0.29, 0.717) is 19.6 Å². The van der Waals surface area contributed by atoms with Gasteiger partial charge in [0.1, 0.15) is 18.2 Å². The number of alkyl carbamates (subject to hydrolysis) is 1. The second-order valence-electron chi connectivity index (χ2n) is 10.6. The number of amides is 2. The third-order valence-corrected chi connectivity index (χ3v) is 8.02. The van der Waals surface area contributed by atoms with Gasteiger partial charge < -0.3 is 25.2 Å². The van der Waals surface area contributed by atoms with Crippen molar-refractivity contribution in [2.75, 3.05) is 33.4 Å². The van der Waals surface area contributed by atoms with E-state index in [1.165, 1.54) is 7.11 Å². The zero-order valence-corrected chi connectivity index (χ0v) is 23.0. The zero-order valence-electron chi connectivity index (χ0n) is 23.0. The van der Waals surface area contributed by atoms with Crippen LogP contribution in [0.5, 0.6) is 0 Å². The molecule has 0 aromatic heterocycles.